The second-order valence-corrected chi connectivity index (χ2v) is 10.5. The summed E-state index contributed by atoms with van der Waals surface area (Å²) in [4.78, 5) is 33.8. The number of carbonyl (C=O) groups excluding carboxylic acids is 2. The van der Waals surface area contributed by atoms with Crippen LogP contribution in [0.15, 0.2) is 54.7 Å². The van der Waals surface area contributed by atoms with E-state index in [1.807, 2.05) is 31.2 Å². The van der Waals surface area contributed by atoms with Crippen LogP contribution in [0.5, 0.6) is 5.88 Å². The lowest BCUT2D eigenvalue weighted by atomic mass is 9.64. The average Bonchev–Trinajstić information content (AvgIpc) is 3.53. The summed E-state index contributed by atoms with van der Waals surface area (Å²) in [6.07, 6.45) is 2.57. The Balaban J connectivity index is 1.39. The monoisotopic (exact) mass is 531 g/mol. The van der Waals surface area contributed by atoms with Gasteiger partial charge in [0.1, 0.15) is 5.60 Å². The number of anilines is 1. The molecule has 0 unspecified atom stereocenters. The van der Waals surface area contributed by atoms with Crippen LogP contribution in [-0.4, -0.2) is 47.8 Å². The molecule has 3 aliphatic rings. The Morgan fingerprint density at radius 1 is 1.13 bits per heavy atom. The van der Waals surface area contributed by atoms with Gasteiger partial charge in [0, 0.05) is 43.0 Å². The number of amides is 2. The fourth-order valence-corrected chi connectivity index (χ4v) is 6.93. The van der Waals surface area contributed by atoms with Crippen molar-refractivity contribution in [2.75, 3.05) is 18.6 Å². The van der Waals surface area contributed by atoms with E-state index in [-0.39, 0.29) is 24.5 Å². The number of benzene rings is 2. The van der Waals surface area contributed by atoms with Gasteiger partial charge in [-0.15, -0.1) is 0 Å². The lowest BCUT2D eigenvalue weighted by Crippen LogP contribution is -2.51. The number of hydrogen-bond donors (Lipinski definition) is 0. The van der Waals surface area contributed by atoms with Crippen molar-refractivity contribution in [2.45, 2.75) is 43.5 Å². The summed E-state index contributed by atoms with van der Waals surface area (Å²) >= 11 is 5.93. The Hall–Kier alpha value is -3.51. The molecular formula is C29H26ClN3O5. The fourth-order valence-electron chi connectivity index (χ4n) is 6.82. The first-order valence-corrected chi connectivity index (χ1v) is 13.0. The van der Waals surface area contributed by atoms with Crippen LogP contribution in [0.2, 0.25) is 5.02 Å². The Bertz CT molecular complexity index is 1490. The van der Waals surface area contributed by atoms with Crippen molar-refractivity contribution in [1.82, 2.24) is 4.98 Å². The molecule has 38 heavy (non-hydrogen) atoms. The third kappa shape index (κ3) is 3.39. The van der Waals surface area contributed by atoms with Crippen LogP contribution < -0.4 is 9.64 Å². The Morgan fingerprint density at radius 3 is 2.58 bits per heavy atom. The summed E-state index contributed by atoms with van der Waals surface area (Å²) < 4.78 is 18.5. The molecule has 3 aromatic rings. The highest BCUT2D eigenvalue weighted by Gasteiger charge is 2.78. The minimum Gasteiger partial charge on any atom is -0.478 e. The van der Waals surface area contributed by atoms with E-state index < -0.39 is 23.0 Å². The van der Waals surface area contributed by atoms with Crippen LogP contribution in [0, 0.1) is 23.2 Å². The summed E-state index contributed by atoms with van der Waals surface area (Å²) in [5.74, 6) is -1.51. The van der Waals surface area contributed by atoms with Gasteiger partial charge in [-0.3, -0.25) is 9.59 Å². The number of methoxy groups -OCH3 is 1. The van der Waals surface area contributed by atoms with Crippen LogP contribution in [-0.2, 0) is 19.1 Å². The molecule has 3 fully saturated rings. The molecule has 0 aliphatic carbocycles. The Morgan fingerprint density at radius 2 is 1.89 bits per heavy atom. The van der Waals surface area contributed by atoms with Gasteiger partial charge in [0.15, 0.2) is 0 Å². The molecule has 2 aromatic carbocycles. The average molecular weight is 532 g/mol. The van der Waals surface area contributed by atoms with Crippen LogP contribution >= 0.6 is 11.6 Å². The van der Waals surface area contributed by atoms with Crippen molar-refractivity contribution in [3.63, 3.8) is 0 Å². The molecule has 4 heterocycles. The maximum absolute atomic E-state index is 14.2. The van der Waals surface area contributed by atoms with Crippen LogP contribution in [0.25, 0.3) is 10.8 Å². The molecule has 6 rings (SSSR count). The molecule has 0 radical (unpaired) electrons. The topological polar surface area (TPSA) is 102 Å². The molecule has 194 valence electrons. The molecule has 0 spiro atoms. The predicted octanol–water partition coefficient (Wildman–Crippen LogP) is 4.67. The van der Waals surface area contributed by atoms with Crippen molar-refractivity contribution in [1.29, 1.82) is 5.26 Å². The summed E-state index contributed by atoms with van der Waals surface area (Å²) in [5.41, 5.74) is -0.860. The second kappa shape index (κ2) is 9.05. The van der Waals surface area contributed by atoms with Gasteiger partial charge in [-0.25, -0.2) is 9.88 Å². The third-order valence-electron chi connectivity index (χ3n) is 8.44. The van der Waals surface area contributed by atoms with Gasteiger partial charge < -0.3 is 14.2 Å². The van der Waals surface area contributed by atoms with Gasteiger partial charge in [0.2, 0.25) is 17.7 Å². The number of rotatable bonds is 7. The molecule has 1 aromatic heterocycles. The van der Waals surface area contributed by atoms with E-state index in [9.17, 15) is 14.9 Å². The summed E-state index contributed by atoms with van der Waals surface area (Å²) in [7, 11) is 1.62. The van der Waals surface area contributed by atoms with Gasteiger partial charge in [-0.2, -0.15) is 5.26 Å². The number of ether oxygens (including phenoxy) is 3. The van der Waals surface area contributed by atoms with Crippen molar-refractivity contribution in [2.24, 2.45) is 11.8 Å². The highest BCUT2D eigenvalue weighted by atomic mass is 35.5. The number of fused-ring (bicyclic) bond motifs is 6. The first-order valence-electron chi connectivity index (χ1n) is 12.7. The zero-order valence-corrected chi connectivity index (χ0v) is 21.8. The van der Waals surface area contributed by atoms with Gasteiger partial charge in [-0.1, -0.05) is 42.8 Å². The van der Waals surface area contributed by atoms with Crippen molar-refractivity contribution in [3.05, 3.63) is 65.3 Å². The van der Waals surface area contributed by atoms with E-state index in [1.54, 1.807) is 31.4 Å². The summed E-state index contributed by atoms with van der Waals surface area (Å²) in [6, 6.07) is 16.3. The smallest absolute Gasteiger partial charge is 0.240 e. The standard InChI is InChI=1S/C29H26ClN3O5/c1-3-29-22(36-2)14-28(38-29,12-13-37-23-11-9-18(30)16-32-23)24-25(29)27(35)33(26(24)34)21-10-8-17(15-31)19-6-4-5-7-20(19)21/h4-11,16,22,24-25H,3,12-14H2,1-2H3/t22-,24+,25-,28+,29-/m1/s1. The van der Waals surface area contributed by atoms with E-state index in [4.69, 9.17) is 25.8 Å². The highest BCUT2D eigenvalue weighted by Crippen LogP contribution is 2.64. The van der Waals surface area contributed by atoms with Gasteiger partial charge in [0.25, 0.3) is 0 Å². The zero-order chi connectivity index (χ0) is 26.7. The van der Waals surface area contributed by atoms with E-state index in [2.05, 4.69) is 11.1 Å². The lowest BCUT2D eigenvalue weighted by Gasteiger charge is -2.36. The number of carbonyl (C=O) groups is 2. The highest BCUT2D eigenvalue weighted by molar-refractivity contribution is 6.30. The van der Waals surface area contributed by atoms with E-state index in [0.29, 0.717) is 52.2 Å². The second-order valence-electron chi connectivity index (χ2n) is 10.1. The third-order valence-corrected chi connectivity index (χ3v) is 8.67. The normalized spacial score (nSPS) is 29.6. The van der Waals surface area contributed by atoms with Crippen molar-refractivity contribution < 1.29 is 23.8 Å². The molecule has 5 atom stereocenters. The lowest BCUT2D eigenvalue weighted by molar-refractivity contribution is -0.138. The quantitative estimate of drug-likeness (QED) is 0.408. The van der Waals surface area contributed by atoms with Gasteiger partial charge >= 0.3 is 0 Å². The Labute approximate surface area is 225 Å². The fraction of sp³-hybridized carbons (Fsp3) is 0.379. The number of nitriles is 1. The summed E-state index contributed by atoms with van der Waals surface area (Å²) in [6.45, 7) is 2.21. The molecular weight excluding hydrogens is 506 g/mol. The maximum atomic E-state index is 14.2. The molecule has 3 saturated heterocycles. The molecule has 0 N–H and O–H groups in total. The van der Waals surface area contributed by atoms with Crippen LogP contribution in [0.3, 0.4) is 0 Å². The molecule has 8 nitrogen and oxygen atoms in total. The van der Waals surface area contributed by atoms with E-state index in [1.165, 1.54) is 11.1 Å². The number of halogens is 1. The van der Waals surface area contributed by atoms with E-state index >= 15 is 0 Å². The number of nitrogens with zero attached hydrogens (tertiary/aromatic N) is 3. The molecule has 0 saturated carbocycles. The Kier molecular flexibility index (Phi) is 5.91. The SMILES string of the molecule is CC[C@@]12O[C@@](CCOc3ccc(Cl)cn3)(C[C@H]1OC)[C@@H]1C(=O)N(c3ccc(C#N)c4ccccc34)C(=O)[C@@H]12. The molecule has 2 bridgehead atoms. The van der Waals surface area contributed by atoms with Crippen LogP contribution in [0.1, 0.15) is 31.7 Å². The molecule has 2 amide bonds. The van der Waals surface area contributed by atoms with Crippen molar-refractivity contribution in [3.8, 4) is 11.9 Å². The summed E-state index contributed by atoms with van der Waals surface area (Å²) in [5, 5.41) is 11.5. The molecule has 9 heteroatoms. The number of aromatic nitrogens is 1. The van der Waals surface area contributed by atoms with E-state index in [0.717, 1.165) is 0 Å². The molecule has 3 aliphatic heterocycles. The number of imide groups is 1. The first-order chi connectivity index (χ1) is 18.4. The van der Waals surface area contributed by atoms with Crippen LogP contribution in [0.4, 0.5) is 5.69 Å². The minimum atomic E-state index is -0.919. The number of pyridine rings is 1. The number of hydrogen-bond acceptors (Lipinski definition) is 7. The van der Waals surface area contributed by atoms with Gasteiger partial charge in [-0.05, 0) is 24.6 Å². The predicted molar refractivity (Wildman–Crippen MR) is 140 cm³/mol. The zero-order valence-electron chi connectivity index (χ0n) is 21.0. The maximum Gasteiger partial charge on any atom is 0.240 e. The minimum absolute atomic E-state index is 0.245. The first kappa shape index (κ1) is 24.8. The largest absolute Gasteiger partial charge is 0.478 e. The van der Waals surface area contributed by atoms with Gasteiger partial charge in [0.05, 0.1) is 52.5 Å². The van der Waals surface area contributed by atoms with Crippen molar-refractivity contribution >= 4 is 39.9 Å².